The highest BCUT2D eigenvalue weighted by Gasteiger charge is 2.20. The summed E-state index contributed by atoms with van der Waals surface area (Å²) in [4.78, 5) is 12.6. The van der Waals surface area contributed by atoms with E-state index in [1.807, 2.05) is 0 Å². The van der Waals surface area contributed by atoms with Crippen molar-refractivity contribution in [2.24, 2.45) is 0 Å². The molecule has 3 N–H and O–H groups in total. The molecule has 0 aromatic rings. The lowest BCUT2D eigenvalue weighted by atomic mass is 10.0. The molecular weight excluding hydrogens is 987 g/mol. The highest BCUT2D eigenvalue weighted by atomic mass is 16.3. The van der Waals surface area contributed by atoms with E-state index in [9.17, 15) is 15.0 Å². The largest absolute Gasteiger partial charge is 0.394 e. The van der Waals surface area contributed by atoms with Gasteiger partial charge >= 0.3 is 0 Å². The maximum absolute atomic E-state index is 12.6. The van der Waals surface area contributed by atoms with Gasteiger partial charge in [0.1, 0.15) is 0 Å². The highest BCUT2D eigenvalue weighted by Crippen LogP contribution is 2.20. The predicted octanol–water partition coefficient (Wildman–Crippen LogP) is 25.7. The highest BCUT2D eigenvalue weighted by molar-refractivity contribution is 5.76. The smallest absolute Gasteiger partial charge is 0.220 e. The van der Waals surface area contributed by atoms with E-state index in [0.717, 1.165) is 51.4 Å². The molecule has 0 aromatic heterocycles. The molecule has 2 atom stereocenters. The Morgan fingerprint density at radius 2 is 0.543 bits per heavy atom. The summed E-state index contributed by atoms with van der Waals surface area (Å²) in [6.07, 6.45) is 102. The number of aliphatic hydroxyl groups is 2. The number of hydrogen-bond donors (Lipinski definition) is 3. The van der Waals surface area contributed by atoms with Gasteiger partial charge in [0, 0.05) is 6.42 Å². The average molecular weight is 1140 g/mol. The number of amides is 1. The molecule has 81 heavy (non-hydrogen) atoms. The molecule has 2 unspecified atom stereocenters. The number of carbonyl (C=O) groups is 1. The van der Waals surface area contributed by atoms with Crippen LogP contribution in [0.25, 0.3) is 0 Å². The van der Waals surface area contributed by atoms with E-state index in [1.165, 1.54) is 340 Å². The monoisotopic (exact) mass is 1130 g/mol. The number of unbranched alkanes of at least 4 members (excludes halogenated alkanes) is 55. The second kappa shape index (κ2) is 72.6. The Kier molecular flexibility index (Phi) is 71.1. The first kappa shape index (κ1) is 79.3. The lowest BCUT2D eigenvalue weighted by Crippen LogP contribution is -2.45. The number of carbonyl (C=O) groups excluding carboxylic acids is 1. The molecule has 0 heterocycles. The maximum Gasteiger partial charge on any atom is 0.220 e. The van der Waals surface area contributed by atoms with Crippen LogP contribution in [0.2, 0.25) is 0 Å². The lowest BCUT2D eigenvalue weighted by Gasteiger charge is -2.22. The number of nitrogens with one attached hydrogen (secondary N) is 1. The van der Waals surface area contributed by atoms with Crippen molar-refractivity contribution in [2.75, 3.05) is 6.61 Å². The van der Waals surface area contributed by atoms with Gasteiger partial charge in [0.15, 0.2) is 0 Å². The number of rotatable bonds is 70. The van der Waals surface area contributed by atoms with Gasteiger partial charge in [-0.25, -0.2) is 0 Å². The molecule has 0 radical (unpaired) electrons. The van der Waals surface area contributed by atoms with Crippen molar-refractivity contribution >= 4 is 5.91 Å². The third-order valence-electron chi connectivity index (χ3n) is 17.6. The normalized spacial score (nSPS) is 12.9. The molecule has 0 aromatic carbocycles. The Labute approximate surface area is 509 Å². The van der Waals surface area contributed by atoms with Gasteiger partial charge in [-0.3, -0.25) is 4.79 Å². The fourth-order valence-electron chi connectivity index (χ4n) is 12.0. The SMILES string of the molecule is CC/C=C\C/C=C\C/C=C\C/C=C\CCCCCCCCCCCCCCCCCCCCCCCCCCCCCCC(=O)NC(CO)C(O)CCCCCCCCCCCCCCCCCCCCCCCCCCCCCC. The zero-order chi connectivity index (χ0) is 58.4. The minimum absolute atomic E-state index is 0.0213. The molecule has 0 spiro atoms. The van der Waals surface area contributed by atoms with Crippen LogP contribution in [0.1, 0.15) is 418 Å². The first-order valence-corrected chi connectivity index (χ1v) is 37.3. The van der Waals surface area contributed by atoms with Crippen LogP contribution < -0.4 is 5.32 Å². The molecule has 4 nitrogen and oxygen atoms in total. The van der Waals surface area contributed by atoms with E-state index in [4.69, 9.17) is 0 Å². The molecule has 4 heteroatoms. The van der Waals surface area contributed by atoms with Gasteiger partial charge in [0.05, 0.1) is 18.8 Å². The van der Waals surface area contributed by atoms with Crippen LogP contribution in [0.4, 0.5) is 0 Å². The minimum Gasteiger partial charge on any atom is -0.394 e. The van der Waals surface area contributed by atoms with Gasteiger partial charge in [0.2, 0.25) is 5.91 Å². The van der Waals surface area contributed by atoms with E-state index in [2.05, 4.69) is 67.8 Å². The third-order valence-corrected chi connectivity index (χ3v) is 17.6. The van der Waals surface area contributed by atoms with Gasteiger partial charge in [-0.15, -0.1) is 0 Å². The molecule has 0 saturated carbocycles. The summed E-state index contributed by atoms with van der Waals surface area (Å²) in [6, 6.07) is -0.536. The van der Waals surface area contributed by atoms with Crippen LogP contribution in [0.3, 0.4) is 0 Å². The second-order valence-electron chi connectivity index (χ2n) is 25.7. The molecule has 0 aliphatic heterocycles. The van der Waals surface area contributed by atoms with E-state index in [1.54, 1.807) is 0 Å². The summed E-state index contributed by atoms with van der Waals surface area (Å²) in [5.41, 5.74) is 0. The Morgan fingerprint density at radius 3 is 0.815 bits per heavy atom. The fourth-order valence-corrected chi connectivity index (χ4v) is 12.0. The summed E-state index contributed by atoms with van der Waals surface area (Å²) in [7, 11) is 0. The molecular formula is C77H147NO3. The van der Waals surface area contributed by atoms with Crippen LogP contribution in [0, 0.1) is 0 Å². The number of aliphatic hydroxyl groups excluding tert-OH is 2. The molecule has 0 fully saturated rings. The van der Waals surface area contributed by atoms with Crippen LogP contribution in [0.15, 0.2) is 48.6 Å². The van der Waals surface area contributed by atoms with Crippen LogP contribution in [-0.2, 0) is 4.79 Å². The summed E-state index contributed by atoms with van der Waals surface area (Å²) in [5.74, 6) is -0.0213. The van der Waals surface area contributed by atoms with Crippen molar-refractivity contribution in [2.45, 2.75) is 431 Å². The van der Waals surface area contributed by atoms with Crippen molar-refractivity contribution in [1.29, 1.82) is 0 Å². The van der Waals surface area contributed by atoms with Crippen molar-refractivity contribution < 1.29 is 15.0 Å². The van der Waals surface area contributed by atoms with Gasteiger partial charge in [-0.2, -0.15) is 0 Å². The van der Waals surface area contributed by atoms with Crippen molar-refractivity contribution in [3.8, 4) is 0 Å². The maximum atomic E-state index is 12.6. The Bertz CT molecular complexity index is 1290. The van der Waals surface area contributed by atoms with Gasteiger partial charge in [-0.1, -0.05) is 409 Å². The van der Waals surface area contributed by atoms with E-state index in [0.29, 0.717) is 12.8 Å². The summed E-state index contributed by atoms with van der Waals surface area (Å²) < 4.78 is 0. The van der Waals surface area contributed by atoms with Gasteiger partial charge in [0.25, 0.3) is 0 Å². The first-order chi connectivity index (χ1) is 40.2. The minimum atomic E-state index is -0.660. The van der Waals surface area contributed by atoms with E-state index >= 15 is 0 Å². The van der Waals surface area contributed by atoms with E-state index < -0.39 is 12.1 Å². The van der Waals surface area contributed by atoms with Gasteiger partial charge in [-0.05, 0) is 51.4 Å². The summed E-state index contributed by atoms with van der Waals surface area (Å²) in [5, 5.41) is 23.5. The summed E-state index contributed by atoms with van der Waals surface area (Å²) >= 11 is 0. The molecule has 0 bridgehead atoms. The Hall–Kier alpha value is -1.65. The van der Waals surface area contributed by atoms with Crippen LogP contribution in [-0.4, -0.2) is 34.9 Å². The molecule has 0 aliphatic rings. The Balaban J connectivity index is 3.36. The number of hydrogen-bond acceptors (Lipinski definition) is 3. The van der Waals surface area contributed by atoms with Gasteiger partial charge < -0.3 is 15.5 Å². The van der Waals surface area contributed by atoms with Crippen molar-refractivity contribution in [3.63, 3.8) is 0 Å². The zero-order valence-electron chi connectivity index (χ0n) is 55.3. The lowest BCUT2D eigenvalue weighted by molar-refractivity contribution is -0.123. The molecule has 0 saturated heterocycles. The van der Waals surface area contributed by atoms with Crippen LogP contribution >= 0.6 is 0 Å². The number of allylic oxidation sites excluding steroid dienone is 8. The van der Waals surface area contributed by atoms with Crippen molar-refractivity contribution in [3.05, 3.63) is 48.6 Å². The molecule has 478 valence electrons. The molecule has 0 aliphatic carbocycles. The summed E-state index contributed by atoms with van der Waals surface area (Å²) in [6.45, 7) is 4.29. The molecule has 1 amide bonds. The Morgan fingerprint density at radius 1 is 0.309 bits per heavy atom. The quantitative estimate of drug-likeness (QED) is 0.0420. The van der Waals surface area contributed by atoms with E-state index in [-0.39, 0.29) is 12.5 Å². The van der Waals surface area contributed by atoms with Crippen LogP contribution in [0.5, 0.6) is 0 Å². The fraction of sp³-hybridized carbons (Fsp3) is 0.883. The average Bonchev–Trinajstić information content (AvgIpc) is 3.47. The third kappa shape index (κ3) is 69.0. The standard InChI is InChI=1S/C77H147NO3/c1-3-5-7-9-11-13-15-17-19-21-23-25-27-29-31-33-34-35-36-37-38-39-40-41-42-43-44-45-47-49-51-53-55-57-59-61-63-65-67-69-71-73-77(81)78-75(74-79)76(80)72-70-68-66-64-62-60-58-56-54-52-50-48-46-32-30-28-26-24-22-20-18-16-14-12-10-8-6-4-2/h5,7,11,13,17,19,23,25,75-76,79-80H,3-4,6,8-10,12,14-16,18,20-22,24,26-74H2,1-2H3,(H,78,81)/b7-5-,13-11-,19-17-,25-23-. The first-order valence-electron chi connectivity index (χ1n) is 37.3. The predicted molar refractivity (Wildman–Crippen MR) is 364 cm³/mol. The topological polar surface area (TPSA) is 69.6 Å². The molecule has 0 rings (SSSR count). The second-order valence-corrected chi connectivity index (χ2v) is 25.7. The zero-order valence-corrected chi connectivity index (χ0v) is 55.3. The van der Waals surface area contributed by atoms with Crippen molar-refractivity contribution in [1.82, 2.24) is 5.32 Å².